The average Bonchev–Trinajstić information content (AvgIpc) is 2.75. The average molecular weight is 232 g/mol. The van der Waals surface area contributed by atoms with Gasteiger partial charge < -0.3 is 14.3 Å². The second-order valence-electron chi connectivity index (χ2n) is 3.71. The maximum absolute atomic E-state index is 10.6. The molecule has 2 aromatic rings. The number of rotatable bonds is 4. The van der Waals surface area contributed by atoms with Gasteiger partial charge in [0.2, 0.25) is 0 Å². The van der Waals surface area contributed by atoms with Gasteiger partial charge in [-0.1, -0.05) is 12.1 Å². The molecule has 0 saturated carbocycles. The van der Waals surface area contributed by atoms with Gasteiger partial charge in [0, 0.05) is 0 Å². The van der Waals surface area contributed by atoms with Crippen molar-refractivity contribution in [2.75, 3.05) is 0 Å². The van der Waals surface area contributed by atoms with E-state index in [1.807, 2.05) is 31.2 Å². The third-order valence-corrected chi connectivity index (χ3v) is 2.27. The van der Waals surface area contributed by atoms with Crippen molar-refractivity contribution in [2.24, 2.45) is 0 Å². The Hall–Kier alpha value is -2.23. The molecule has 1 heterocycles. The summed E-state index contributed by atoms with van der Waals surface area (Å²) >= 11 is 0. The Morgan fingerprint density at radius 2 is 2.24 bits per heavy atom. The van der Waals surface area contributed by atoms with Crippen LogP contribution in [-0.2, 0) is 6.61 Å². The highest BCUT2D eigenvalue weighted by molar-refractivity contribution is 5.87. The molecular formula is C13H12O4. The van der Waals surface area contributed by atoms with Crippen molar-refractivity contribution in [3.05, 3.63) is 53.5 Å². The summed E-state index contributed by atoms with van der Waals surface area (Å²) in [6.45, 7) is 2.19. The smallest absolute Gasteiger partial charge is 0.338 e. The van der Waals surface area contributed by atoms with Crippen LogP contribution in [0.5, 0.6) is 5.75 Å². The van der Waals surface area contributed by atoms with E-state index in [2.05, 4.69) is 0 Å². The maximum Gasteiger partial charge on any atom is 0.338 e. The summed E-state index contributed by atoms with van der Waals surface area (Å²) in [6, 6.07) is 9.07. The topological polar surface area (TPSA) is 59.7 Å². The van der Waals surface area contributed by atoms with Crippen LogP contribution in [-0.4, -0.2) is 11.1 Å². The number of ether oxygens (including phenoxy) is 1. The minimum atomic E-state index is -1.00. The molecule has 0 spiro atoms. The second-order valence-corrected chi connectivity index (χ2v) is 3.71. The zero-order valence-electron chi connectivity index (χ0n) is 9.34. The summed E-state index contributed by atoms with van der Waals surface area (Å²) in [5.41, 5.74) is 1.24. The Balaban J connectivity index is 2.00. The predicted octanol–water partition coefficient (Wildman–Crippen LogP) is 2.87. The normalized spacial score (nSPS) is 10.2. The second kappa shape index (κ2) is 4.74. The van der Waals surface area contributed by atoms with Gasteiger partial charge in [-0.15, -0.1) is 0 Å². The number of aromatic carboxylic acids is 1. The largest absolute Gasteiger partial charge is 0.486 e. The molecule has 0 saturated heterocycles. The van der Waals surface area contributed by atoms with Gasteiger partial charge in [-0.05, 0) is 30.7 Å². The van der Waals surface area contributed by atoms with Gasteiger partial charge in [0.1, 0.15) is 24.4 Å². The van der Waals surface area contributed by atoms with Crippen LogP contribution in [0, 0.1) is 6.92 Å². The minimum absolute atomic E-state index is 0.132. The van der Waals surface area contributed by atoms with E-state index in [1.165, 1.54) is 12.3 Å². The summed E-state index contributed by atoms with van der Waals surface area (Å²) < 4.78 is 10.6. The zero-order chi connectivity index (χ0) is 12.3. The Morgan fingerprint density at radius 1 is 1.41 bits per heavy atom. The molecule has 17 heavy (non-hydrogen) atoms. The van der Waals surface area contributed by atoms with Crippen LogP contribution < -0.4 is 4.74 Å². The van der Waals surface area contributed by atoms with E-state index in [4.69, 9.17) is 14.3 Å². The van der Waals surface area contributed by atoms with Crippen LogP contribution >= 0.6 is 0 Å². The lowest BCUT2D eigenvalue weighted by Gasteiger charge is -2.04. The van der Waals surface area contributed by atoms with Crippen molar-refractivity contribution in [3.63, 3.8) is 0 Å². The molecule has 0 aliphatic heterocycles. The molecule has 0 fully saturated rings. The summed E-state index contributed by atoms with van der Waals surface area (Å²) in [5.74, 6) is 0.220. The van der Waals surface area contributed by atoms with E-state index < -0.39 is 5.97 Å². The molecule has 4 heteroatoms. The van der Waals surface area contributed by atoms with Crippen LogP contribution in [0.2, 0.25) is 0 Å². The van der Waals surface area contributed by atoms with Crippen molar-refractivity contribution in [2.45, 2.75) is 13.5 Å². The first kappa shape index (κ1) is 11.3. The first-order valence-corrected chi connectivity index (χ1v) is 5.15. The summed E-state index contributed by atoms with van der Waals surface area (Å²) in [7, 11) is 0. The van der Waals surface area contributed by atoms with E-state index in [0.717, 1.165) is 11.3 Å². The van der Waals surface area contributed by atoms with Crippen LogP contribution in [0.1, 0.15) is 21.7 Å². The zero-order valence-corrected chi connectivity index (χ0v) is 9.34. The van der Waals surface area contributed by atoms with Gasteiger partial charge in [-0.2, -0.15) is 0 Å². The Morgan fingerprint density at radius 3 is 2.88 bits per heavy atom. The molecule has 1 aromatic carbocycles. The molecule has 4 nitrogen and oxygen atoms in total. The third-order valence-electron chi connectivity index (χ3n) is 2.27. The highest BCUT2D eigenvalue weighted by atomic mass is 16.5. The third kappa shape index (κ3) is 2.87. The Kier molecular flexibility index (Phi) is 3.14. The lowest BCUT2D eigenvalue weighted by Crippen LogP contribution is -1.95. The number of benzene rings is 1. The van der Waals surface area contributed by atoms with Crippen molar-refractivity contribution < 1.29 is 19.1 Å². The first-order chi connectivity index (χ1) is 8.15. The van der Waals surface area contributed by atoms with Gasteiger partial charge in [0.05, 0.1) is 5.56 Å². The molecule has 0 aliphatic rings. The van der Waals surface area contributed by atoms with Gasteiger partial charge >= 0.3 is 5.97 Å². The fourth-order valence-corrected chi connectivity index (χ4v) is 1.43. The lowest BCUT2D eigenvalue weighted by atomic mass is 10.2. The molecular weight excluding hydrogens is 220 g/mol. The number of carboxylic acid groups (broad SMARTS) is 1. The van der Waals surface area contributed by atoms with Crippen molar-refractivity contribution in [1.29, 1.82) is 0 Å². The van der Waals surface area contributed by atoms with Gasteiger partial charge in [-0.25, -0.2) is 4.79 Å². The number of carbonyl (C=O) groups is 1. The monoisotopic (exact) mass is 232 g/mol. The summed E-state index contributed by atoms with van der Waals surface area (Å²) in [5, 5.41) is 8.72. The SMILES string of the molecule is Cc1cccc(OCc2cc(C(=O)O)co2)c1. The van der Waals surface area contributed by atoms with Crippen molar-refractivity contribution in [3.8, 4) is 5.75 Å². The predicted molar refractivity (Wildman–Crippen MR) is 61.2 cm³/mol. The fraction of sp³-hybridized carbons (Fsp3) is 0.154. The number of carboxylic acids is 1. The Bertz CT molecular complexity index is 528. The maximum atomic E-state index is 10.6. The molecule has 0 bridgehead atoms. The molecule has 0 radical (unpaired) electrons. The minimum Gasteiger partial charge on any atom is -0.486 e. The highest BCUT2D eigenvalue weighted by Crippen LogP contribution is 2.15. The summed E-state index contributed by atoms with van der Waals surface area (Å²) in [4.78, 5) is 10.6. The van der Waals surface area contributed by atoms with Gasteiger partial charge in [0.15, 0.2) is 0 Å². The van der Waals surface area contributed by atoms with E-state index in [0.29, 0.717) is 5.76 Å². The van der Waals surface area contributed by atoms with Crippen LogP contribution in [0.25, 0.3) is 0 Å². The molecule has 88 valence electrons. The first-order valence-electron chi connectivity index (χ1n) is 5.15. The lowest BCUT2D eigenvalue weighted by molar-refractivity contribution is 0.0696. The van der Waals surface area contributed by atoms with Crippen molar-refractivity contribution in [1.82, 2.24) is 0 Å². The fourth-order valence-electron chi connectivity index (χ4n) is 1.43. The van der Waals surface area contributed by atoms with Crippen LogP contribution in [0.15, 0.2) is 41.0 Å². The van der Waals surface area contributed by atoms with Crippen LogP contribution in [0.3, 0.4) is 0 Å². The van der Waals surface area contributed by atoms with E-state index >= 15 is 0 Å². The Labute approximate surface area is 98.4 Å². The number of hydrogen-bond acceptors (Lipinski definition) is 3. The van der Waals surface area contributed by atoms with E-state index in [9.17, 15) is 4.79 Å². The molecule has 0 aliphatic carbocycles. The number of furan rings is 1. The quantitative estimate of drug-likeness (QED) is 0.880. The van der Waals surface area contributed by atoms with Gasteiger partial charge in [-0.3, -0.25) is 0 Å². The number of aryl methyl sites for hydroxylation is 1. The standard InChI is InChI=1S/C13H12O4/c1-9-3-2-4-11(5-9)17-8-12-6-10(7-16-12)13(14)15/h2-7H,8H2,1H3,(H,14,15). The van der Waals surface area contributed by atoms with Crippen LogP contribution in [0.4, 0.5) is 0 Å². The molecule has 2 rings (SSSR count). The van der Waals surface area contributed by atoms with E-state index in [-0.39, 0.29) is 12.2 Å². The molecule has 1 aromatic heterocycles. The molecule has 0 unspecified atom stereocenters. The molecule has 0 amide bonds. The van der Waals surface area contributed by atoms with Gasteiger partial charge in [0.25, 0.3) is 0 Å². The van der Waals surface area contributed by atoms with E-state index in [1.54, 1.807) is 0 Å². The highest BCUT2D eigenvalue weighted by Gasteiger charge is 2.08. The van der Waals surface area contributed by atoms with Crippen molar-refractivity contribution >= 4 is 5.97 Å². The molecule has 1 N–H and O–H groups in total. The number of hydrogen-bond donors (Lipinski definition) is 1. The summed E-state index contributed by atoms with van der Waals surface area (Å²) in [6.07, 6.45) is 1.21. The molecule has 0 atom stereocenters.